The number of carbonyl (C=O) groups excluding carboxylic acids is 1. The van der Waals surface area contributed by atoms with Crippen LogP contribution in [0.25, 0.3) is 0 Å². The summed E-state index contributed by atoms with van der Waals surface area (Å²) in [6, 6.07) is 17.5. The Labute approximate surface area is 152 Å². The second-order valence-electron chi connectivity index (χ2n) is 6.26. The van der Waals surface area contributed by atoms with Gasteiger partial charge in [-0.2, -0.15) is 13.2 Å². The maximum Gasteiger partial charge on any atom is 0.416 e. The molecule has 0 saturated carbocycles. The Hall–Kier alpha value is -3.28. The van der Waals surface area contributed by atoms with E-state index in [4.69, 9.17) is 4.74 Å². The number of hydrogen-bond acceptors (Lipinski definition) is 3. The van der Waals surface area contributed by atoms with Crippen molar-refractivity contribution in [3.05, 3.63) is 95.1 Å². The third-order valence-corrected chi connectivity index (χ3v) is 4.73. The number of ether oxygens (including phenoxy) is 1. The van der Waals surface area contributed by atoms with Crippen LogP contribution in [0, 0.1) is 0 Å². The summed E-state index contributed by atoms with van der Waals surface area (Å²) in [5.74, 6) is -0.518. The number of hydrogen-bond donors (Lipinski definition) is 1. The molecule has 27 heavy (non-hydrogen) atoms. The van der Waals surface area contributed by atoms with Crippen LogP contribution in [0.3, 0.4) is 0 Å². The Morgan fingerprint density at radius 1 is 0.852 bits per heavy atom. The van der Waals surface area contributed by atoms with E-state index >= 15 is 0 Å². The van der Waals surface area contributed by atoms with Gasteiger partial charge in [-0.3, -0.25) is 0 Å². The van der Waals surface area contributed by atoms with Gasteiger partial charge < -0.3 is 9.84 Å². The quantitative estimate of drug-likeness (QED) is 0.527. The van der Waals surface area contributed by atoms with Gasteiger partial charge in [0, 0.05) is 11.6 Å². The normalized spacial score (nSPS) is 18.9. The molecule has 0 aromatic heterocycles. The number of fused-ring (bicyclic) bond motifs is 1. The molecule has 136 valence electrons. The van der Waals surface area contributed by atoms with Gasteiger partial charge in [-0.1, -0.05) is 42.5 Å². The summed E-state index contributed by atoms with van der Waals surface area (Å²) in [7, 11) is 0. The van der Waals surface area contributed by atoms with Gasteiger partial charge in [0.05, 0.1) is 5.56 Å². The molecule has 1 aliphatic heterocycles. The summed E-state index contributed by atoms with van der Waals surface area (Å²) in [6.45, 7) is 0. The van der Waals surface area contributed by atoms with Gasteiger partial charge in [0.2, 0.25) is 0 Å². The first kappa shape index (κ1) is 17.1. The molecule has 3 aromatic rings. The lowest BCUT2D eigenvalue weighted by molar-refractivity contribution is -0.137. The molecule has 1 N–H and O–H groups in total. The number of esters is 1. The maximum atomic E-state index is 13.0. The Kier molecular flexibility index (Phi) is 3.73. The van der Waals surface area contributed by atoms with Crippen LogP contribution in [-0.4, -0.2) is 11.1 Å². The molecular formula is C21H13F3O3. The molecule has 0 aliphatic carbocycles. The number of aromatic hydroxyl groups is 1. The molecule has 4 rings (SSSR count). The van der Waals surface area contributed by atoms with Crippen molar-refractivity contribution in [2.24, 2.45) is 0 Å². The van der Waals surface area contributed by atoms with Gasteiger partial charge in [-0.15, -0.1) is 0 Å². The molecule has 3 nitrogen and oxygen atoms in total. The lowest BCUT2D eigenvalue weighted by atomic mass is 9.70. The third kappa shape index (κ3) is 2.56. The largest absolute Gasteiger partial charge is 0.508 e. The minimum absolute atomic E-state index is 0.0715. The summed E-state index contributed by atoms with van der Waals surface area (Å²) >= 11 is 0. The fourth-order valence-electron chi connectivity index (χ4n) is 3.50. The summed E-state index contributed by atoms with van der Waals surface area (Å²) in [5.41, 5.74) is -0.813. The third-order valence-electron chi connectivity index (χ3n) is 4.73. The van der Waals surface area contributed by atoms with E-state index in [1.807, 2.05) is 0 Å². The number of phenols is 1. The van der Waals surface area contributed by atoms with Crippen molar-refractivity contribution in [3.8, 4) is 11.5 Å². The van der Waals surface area contributed by atoms with Gasteiger partial charge in [-0.05, 0) is 35.4 Å². The molecular weight excluding hydrogens is 357 g/mol. The monoisotopic (exact) mass is 370 g/mol. The van der Waals surface area contributed by atoms with Crippen LogP contribution < -0.4 is 4.74 Å². The SMILES string of the molecule is O=C1Oc2cc(O)ccc2C1(c1ccccc1)c1ccc(C(F)(F)F)cc1. The summed E-state index contributed by atoms with van der Waals surface area (Å²) in [6.07, 6.45) is -4.47. The predicted octanol–water partition coefficient (Wildman–Crippen LogP) is 4.66. The van der Waals surface area contributed by atoms with Crippen LogP contribution in [0.5, 0.6) is 11.5 Å². The van der Waals surface area contributed by atoms with Gasteiger partial charge in [0.15, 0.2) is 0 Å². The first-order valence-electron chi connectivity index (χ1n) is 8.12. The highest BCUT2D eigenvalue weighted by atomic mass is 19.4. The topological polar surface area (TPSA) is 46.5 Å². The first-order chi connectivity index (χ1) is 12.8. The molecule has 6 heteroatoms. The Balaban J connectivity index is 1.99. The van der Waals surface area contributed by atoms with E-state index < -0.39 is 23.1 Å². The van der Waals surface area contributed by atoms with E-state index in [1.54, 1.807) is 36.4 Å². The fraction of sp³-hybridized carbons (Fsp3) is 0.0952. The Morgan fingerprint density at radius 2 is 1.48 bits per heavy atom. The van der Waals surface area contributed by atoms with Gasteiger partial charge in [-0.25, -0.2) is 4.79 Å². The van der Waals surface area contributed by atoms with Gasteiger partial charge in [0.25, 0.3) is 0 Å². The Morgan fingerprint density at radius 3 is 2.11 bits per heavy atom. The molecule has 1 heterocycles. The minimum atomic E-state index is -4.47. The minimum Gasteiger partial charge on any atom is -0.508 e. The summed E-state index contributed by atoms with van der Waals surface area (Å²) in [5, 5.41) is 9.70. The zero-order valence-electron chi connectivity index (χ0n) is 13.8. The van der Waals surface area contributed by atoms with Crippen molar-refractivity contribution in [1.29, 1.82) is 0 Å². The van der Waals surface area contributed by atoms with E-state index in [0.717, 1.165) is 12.1 Å². The fourth-order valence-corrected chi connectivity index (χ4v) is 3.50. The number of halogens is 3. The van der Waals surface area contributed by atoms with Crippen LogP contribution in [0.4, 0.5) is 13.2 Å². The summed E-state index contributed by atoms with van der Waals surface area (Å²) in [4.78, 5) is 13.0. The number of rotatable bonds is 2. The molecule has 0 saturated heterocycles. The average Bonchev–Trinajstić information content (AvgIpc) is 2.93. The van der Waals surface area contributed by atoms with Crippen LogP contribution in [-0.2, 0) is 16.4 Å². The zero-order chi connectivity index (χ0) is 19.2. The summed E-state index contributed by atoms with van der Waals surface area (Å²) < 4.78 is 44.3. The highest BCUT2D eigenvalue weighted by Crippen LogP contribution is 2.50. The van der Waals surface area contributed by atoms with Gasteiger partial charge >= 0.3 is 12.1 Å². The predicted molar refractivity (Wildman–Crippen MR) is 91.5 cm³/mol. The van der Waals surface area contributed by atoms with Crippen LogP contribution >= 0.6 is 0 Å². The lowest BCUT2D eigenvalue weighted by Gasteiger charge is -2.27. The van der Waals surface area contributed by atoms with E-state index in [-0.39, 0.29) is 11.5 Å². The molecule has 0 fully saturated rings. The van der Waals surface area contributed by atoms with E-state index in [1.165, 1.54) is 24.3 Å². The van der Waals surface area contributed by atoms with Crippen molar-refractivity contribution < 1.29 is 27.8 Å². The molecule has 0 spiro atoms. The first-order valence-corrected chi connectivity index (χ1v) is 8.12. The Bertz CT molecular complexity index is 1010. The van der Waals surface area contributed by atoms with E-state index in [0.29, 0.717) is 16.7 Å². The molecule has 0 bridgehead atoms. The van der Waals surface area contributed by atoms with Crippen molar-refractivity contribution in [2.45, 2.75) is 11.6 Å². The standard InChI is InChI=1S/C21H13F3O3/c22-21(23,24)15-8-6-14(7-9-15)20(13-4-2-1-3-5-13)17-11-10-16(25)12-18(17)27-19(20)26/h1-12,25H. The average molecular weight is 370 g/mol. The van der Waals surface area contributed by atoms with E-state index in [9.17, 15) is 23.1 Å². The maximum absolute atomic E-state index is 13.0. The molecule has 1 aliphatic rings. The number of carbonyl (C=O) groups is 1. The van der Waals surface area contributed by atoms with Gasteiger partial charge in [0.1, 0.15) is 16.9 Å². The molecule has 1 atom stereocenters. The molecule has 3 aromatic carbocycles. The van der Waals surface area contributed by atoms with Crippen molar-refractivity contribution in [3.63, 3.8) is 0 Å². The lowest BCUT2D eigenvalue weighted by Crippen LogP contribution is -2.36. The zero-order valence-corrected chi connectivity index (χ0v) is 13.8. The second-order valence-corrected chi connectivity index (χ2v) is 6.26. The van der Waals surface area contributed by atoms with Crippen LogP contribution in [0.1, 0.15) is 22.3 Å². The molecule has 0 amide bonds. The smallest absolute Gasteiger partial charge is 0.416 e. The highest BCUT2D eigenvalue weighted by Gasteiger charge is 2.52. The van der Waals surface area contributed by atoms with Crippen molar-refractivity contribution in [1.82, 2.24) is 0 Å². The van der Waals surface area contributed by atoms with Crippen LogP contribution in [0.15, 0.2) is 72.8 Å². The molecule has 1 unspecified atom stereocenters. The number of alkyl halides is 3. The number of benzene rings is 3. The van der Waals surface area contributed by atoms with Crippen molar-refractivity contribution >= 4 is 5.97 Å². The second kappa shape index (κ2) is 5.87. The number of phenolic OH excluding ortho intramolecular Hbond substituents is 1. The van der Waals surface area contributed by atoms with E-state index in [2.05, 4.69) is 0 Å². The van der Waals surface area contributed by atoms with Crippen LogP contribution in [0.2, 0.25) is 0 Å². The van der Waals surface area contributed by atoms with Crippen molar-refractivity contribution in [2.75, 3.05) is 0 Å². The molecule has 0 radical (unpaired) electrons. The highest BCUT2D eigenvalue weighted by molar-refractivity contribution is 5.98.